The van der Waals surface area contributed by atoms with Crippen molar-refractivity contribution in [3.05, 3.63) is 39.9 Å². The SMILES string of the molecule is CCNC(=NCc1cccc([N+](=O)[O-])c1)NCCC(OCC)C(C)C.I. The van der Waals surface area contributed by atoms with Gasteiger partial charge < -0.3 is 15.4 Å². The van der Waals surface area contributed by atoms with Gasteiger partial charge in [0.15, 0.2) is 5.96 Å². The number of hydrogen-bond acceptors (Lipinski definition) is 4. The van der Waals surface area contributed by atoms with Gasteiger partial charge in [-0.25, -0.2) is 4.99 Å². The Hall–Kier alpha value is -1.42. The maximum Gasteiger partial charge on any atom is 0.269 e. The normalized spacial score (nSPS) is 12.4. The van der Waals surface area contributed by atoms with Crippen LogP contribution in [0.25, 0.3) is 0 Å². The first-order valence-electron chi connectivity index (χ1n) is 8.85. The van der Waals surface area contributed by atoms with Crippen LogP contribution in [0.15, 0.2) is 29.3 Å². The molecule has 0 aliphatic heterocycles. The van der Waals surface area contributed by atoms with E-state index in [4.69, 9.17) is 4.74 Å². The van der Waals surface area contributed by atoms with Crippen LogP contribution in [0.1, 0.15) is 39.7 Å². The average molecular weight is 478 g/mol. The zero-order valence-corrected chi connectivity index (χ0v) is 18.4. The van der Waals surface area contributed by atoms with Crippen LogP contribution < -0.4 is 10.6 Å². The van der Waals surface area contributed by atoms with Crippen molar-refractivity contribution in [3.8, 4) is 0 Å². The molecule has 1 rings (SSSR count). The summed E-state index contributed by atoms with van der Waals surface area (Å²) < 4.78 is 5.75. The molecule has 0 bridgehead atoms. The standard InChI is InChI=1S/C18H30N4O3.HI/c1-5-19-18(20-11-10-17(14(3)4)25-6-2)21-13-15-8-7-9-16(12-15)22(23)24;/h7-9,12,14,17H,5-6,10-11,13H2,1-4H3,(H2,19,20,21);1H. The first-order chi connectivity index (χ1) is 12.0. The summed E-state index contributed by atoms with van der Waals surface area (Å²) in [5.74, 6) is 1.17. The predicted molar refractivity (Wildman–Crippen MR) is 116 cm³/mol. The number of halogens is 1. The Bertz CT molecular complexity index is 567. The van der Waals surface area contributed by atoms with E-state index in [1.54, 1.807) is 12.1 Å². The van der Waals surface area contributed by atoms with Crippen molar-refractivity contribution < 1.29 is 9.66 Å². The lowest BCUT2D eigenvalue weighted by Crippen LogP contribution is -2.39. The largest absolute Gasteiger partial charge is 0.378 e. The quantitative estimate of drug-likeness (QED) is 0.176. The lowest BCUT2D eigenvalue weighted by Gasteiger charge is -2.21. The zero-order valence-electron chi connectivity index (χ0n) is 16.0. The van der Waals surface area contributed by atoms with E-state index in [0.29, 0.717) is 25.0 Å². The van der Waals surface area contributed by atoms with Gasteiger partial charge in [0.2, 0.25) is 0 Å². The van der Waals surface area contributed by atoms with E-state index < -0.39 is 4.92 Å². The van der Waals surface area contributed by atoms with E-state index in [9.17, 15) is 10.1 Å². The first-order valence-corrected chi connectivity index (χ1v) is 8.85. The molecule has 0 spiro atoms. The zero-order chi connectivity index (χ0) is 18.7. The summed E-state index contributed by atoms with van der Waals surface area (Å²) in [6.07, 6.45) is 1.12. The van der Waals surface area contributed by atoms with Gasteiger partial charge in [-0.2, -0.15) is 0 Å². The number of nitrogens with zero attached hydrogens (tertiary/aromatic N) is 2. The summed E-state index contributed by atoms with van der Waals surface area (Å²) in [5, 5.41) is 17.3. The summed E-state index contributed by atoms with van der Waals surface area (Å²) in [7, 11) is 0. The highest BCUT2D eigenvalue weighted by Crippen LogP contribution is 2.13. The van der Waals surface area contributed by atoms with Crippen molar-refractivity contribution in [3.63, 3.8) is 0 Å². The van der Waals surface area contributed by atoms with Gasteiger partial charge in [0.05, 0.1) is 17.6 Å². The van der Waals surface area contributed by atoms with Crippen molar-refractivity contribution in [1.82, 2.24) is 10.6 Å². The van der Waals surface area contributed by atoms with E-state index in [0.717, 1.165) is 25.1 Å². The molecule has 0 aromatic heterocycles. The Balaban J connectivity index is 0.00000625. The molecule has 0 amide bonds. The lowest BCUT2D eigenvalue weighted by atomic mass is 10.0. The van der Waals surface area contributed by atoms with Crippen LogP contribution in [0.3, 0.4) is 0 Å². The Morgan fingerprint density at radius 1 is 1.31 bits per heavy atom. The number of aliphatic imine (C=N–C) groups is 1. The van der Waals surface area contributed by atoms with Crippen molar-refractivity contribution >= 4 is 35.6 Å². The highest BCUT2D eigenvalue weighted by Gasteiger charge is 2.13. The van der Waals surface area contributed by atoms with Gasteiger partial charge in [-0.05, 0) is 31.7 Å². The third-order valence-corrected chi connectivity index (χ3v) is 3.73. The van der Waals surface area contributed by atoms with Gasteiger partial charge in [0.1, 0.15) is 0 Å². The topological polar surface area (TPSA) is 88.8 Å². The summed E-state index contributed by atoms with van der Waals surface area (Å²) in [5.41, 5.74) is 0.892. The van der Waals surface area contributed by atoms with Crippen LogP contribution in [0.5, 0.6) is 0 Å². The van der Waals surface area contributed by atoms with Gasteiger partial charge >= 0.3 is 0 Å². The van der Waals surface area contributed by atoms with Crippen molar-refractivity contribution in [1.29, 1.82) is 0 Å². The number of ether oxygens (including phenoxy) is 1. The van der Waals surface area contributed by atoms with E-state index in [-0.39, 0.29) is 35.8 Å². The molecule has 0 saturated heterocycles. The molecular formula is C18H31IN4O3. The van der Waals surface area contributed by atoms with Crippen LogP contribution in [0.2, 0.25) is 0 Å². The fraction of sp³-hybridized carbons (Fsp3) is 0.611. The second-order valence-corrected chi connectivity index (χ2v) is 6.08. The number of nitro benzene ring substituents is 1. The second kappa shape index (κ2) is 13.7. The van der Waals surface area contributed by atoms with Crippen molar-refractivity contribution in [2.75, 3.05) is 19.7 Å². The van der Waals surface area contributed by atoms with Crippen LogP contribution in [-0.4, -0.2) is 36.7 Å². The lowest BCUT2D eigenvalue weighted by molar-refractivity contribution is -0.384. The van der Waals surface area contributed by atoms with Crippen molar-refractivity contribution in [2.45, 2.75) is 46.8 Å². The molecule has 1 unspecified atom stereocenters. The smallest absolute Gasteiger partial charge is 0.269 e. The maximum atomic E-state index is 10.8. The number of hydrogen-bond donors (Lipinski definition) is 2. The highest BCUT2D eigenvalue weighted by molar-refractivity contribution is 14.0. The van der Waals surface area contributed by atoms with Gasteiger partial charge in [-0.3, -0.25) is 10.1 Å². The van der Waals surface area contributed by atoms with E-state index in [1.165, 1.54) is 6.07 Å². The minimum Gasteiger partial charge on any atom is -0.378 e. The molecule has 7 nitrogen and oxygen atoms in total. The predicted octanol–water partition coefficient (Wildman–Crippen LogP) is 3.72. The molecule has 0 aliphatic rings. The Morgan fingerprint density at radius 2 is 2.04 bits per heavy atom. The molecule has 26 heavy (non-hydrogen) atoms. The molecule has 1 aromatic rings. The number of nitro groups is 1. The summed E-state index contributed by atoms with van der Waals surface area (Å²) in [6, 6.07) is 6.55. The van der Waals surface area contributed by atoms with Gasteiger partial charge in [-0.15, -0.1) is 24.0 Å². The van der Waals surface area contributed by atoms with Crippen LogP contribution in [0.4, 0.5) is 5.69 Å². The number of rotatable bonds is 10. The molecule has 0 radical (unpaired) electrons. The average Bonchev–Trinajstić information content (AvgIpc) is 2.58. The van der Waals surface area contributed by atoms with Crippen LogP contribution in [0, 0.1) is 16.0 Å². The fourth-order valence-electron chi connectivity index (χ4n) is 2.44. The third-order valence-electron chi connectivity index (χ3n) is 3.73. The Morgan fingerprint density at radius 3 is 2.62 bits per heavy atom. The van der Waals surface area contributed by atoms with E-state index in [1.807, 2.05) is 19.9 Å². The Kier molecular flexibility index (Phi) is 13.0. The summed E-state index contributed by atoms with van der Waals surface area (Å²) in [6.45, 7) is 10.9. The molecule has 0 fully saturated rings. The van der Waals surface area contributed by atoms with Gasteiger partial charge in [-0.1, -0.05) is 26.0 Å². The maximum absolute atomic E-state index is 10.8. The minimum absolute atomic E-state index is 0. The fourth-order valence-corrected chi connectivity index (χ4v) is 2.44. The molecule has 1 aromatic carbocycles. The van der Waals surface area contributed by atoms with Crippen LogP contribution >= 0.6 is 24.0 Å². The first kappa shape index (κ1) is 24.6. The number of benzene rings is 1. The third kappa shape index (κ3) is 9.33. The molecule has 148 valence electrons. The van der Waals surface area contributed by atoms with Gasteiger partial charge in [0.25, 0.3) is 5.69 Å². The molecule has 1 atom stereocenters. The van der Waals surface area contributed by atoms with Gasteiger partial charge in [0, 0.05) is 31.8 Å². The highest BCUT2D eigenvalue weighted by atomic mass is 127. The van der Waals surface area contributed by atoms with Crippen LogP contribution in [-0.2, 0) is 11.3 Å². The molecule has 2 N–H and O–H groups in total. The number of guanidine groups is 1. The second-order valence-electron chi connectivity index (χ2n) is 6.08. The van der Waals surface area contributed by atoms with E-state index >= 15 is 0 Å². The molecular weight excluding hydrogens is 447 g/mol. The van der Waals surface area contributed by atoms with E-state index in [2.05, 4.69) is 29.5 Å². The number of non-ortho nitro benzene ring substituents is 1. The summed E-state index contributed by atoms with van der Waals surface area (Å²) >= 11 is 0. The monoisotopic (exact) mass is 478 g/mol. The molecule has 0 heterocycles. The number of nitrogens with one attached hydrogen (secondary N) is 2. The molecule has 8 heteroatoms. The minimum atomic E-state index is -0.392. The Labute approximate surface area is 173 Å². The summed E-state index contributed by atoms with van der Waals surface area (Å²) in [4.78, 5) is 15.0. The molecule has 0 aliphatic carbocycles. The van der Waals surface area contributed by atoms with Crippen molar-refractivity contribution in [2.24, 2.45) is 10.9 Å². The molecule has 0 saturated carbocycles.